The summed E-state index contributed by atoms with van der Waals surface area (Å²) < 4.78 is 10.5. The minimum absolute atomic E-state index is 0.425. The molecule has 0 aromatic carbocycles. The van der Waals surface area contributed by atoms with E-state index in [9.17, 15) is 0 Å². The van der Waals surface area contributed by atoms with E-state index in [4.69, 9.17) is 15.2 Å². The van der Waals surface area contributed by atoms with E-state index < -0.39 is 0 Å². The first-order valence-electron chi connectivity index (χ1n) is 5.97. The number of hydrogen-bond donors (Lipinski definition) is 1. The Bertz CT molecular complexity index is 356. The highest BCUT2D eigenvalue weighted by Gasteiger charge is 2.13. The van der Waals surface area contributed by atoms with Gasteiger partial charge >= 0.3 is 0 Å². The third-order valence-corrected chi connectivity index (χ3v) is 2.65. The van der Waals surface area contributed by atoms with Gasteiger partial charge in [-0.1, -0.05) is 13.8 Å². The Labute approximate surface area is 102 Å². The standard InChI is InChI=1S/C12H21N3O2/c1-4-9-10(8-13)12(17-7-6-16-3)15-14-11(9)5-2/h4-8,13H2,1-3H3. The van der Waals surface area contributed by atoms with E-state index in [-0.39, 0.29) is 0 Å². The van der Waals surface area contributed by atoms with Crippen molar-refractivity contribution < 1.29 is 9.47 Å². The van der Waals surface area contributed by atoms with Crippen LogP contribution in [0.3, 0.4) is 0 Å². The molecular weight excluding hydrogens is 218 g/mol. The van der Waals surface area contributed by atoms with Gasteiger partial charge in [-0.05, 0) is 18.4 Å². The van der Waals surface area contributed by atoms with E-state index in [1.807, 2.05) is 0 Å². The SMILES string of the molecule is CCc1nnc(OCCOC)c(CN)c1CC. The van der Waals surface area contributed by atoms with Gasteiger partial charge in [0.2, 0.25) is 5.88 Å². The van der Waals surface area contributed by atoms with Crippen molar-refractivity contribution in [1.29, 1.82) is 0 Å². The molecule has 5 heteroatoms. The third-order valence-electron chi connectivity index (χ3n) is 2.65. The maximum Gasteiger partial charge on any atom is 0.238 e. The predicted molar refractivity (Wildman–Crippen MR) is 66.1 cm³/mol. The number of aromatic nitrogens is 2. The van der Waals surface area contributed by atoms with Crippen molar-refractivity contribution >= 4 is 0 Å². The molecule has 1 rings (SSSR count). The number of ether oxygens (including phenoxy) is 2. The van der Waals surface area contributed by atoms with Crippen LogP contribution in [0.15, 0.2) is 0 Å². The molecule has 0 aliphatic heterocycles. The van der Waals surface area contributed by atoms with Crippen molar-refractivity contribution in [3.05, 3.63) is 16.8 Å². The van der Waals surface area contributed by atoms with Crippen LogP contribution in [0.25, 0.3) is 0 Å². The zero-order valence-corrected chi connectivity index (χ0v) is 10.8. The van der Waals surface area contributed by atoms with Crippen molar-refractivity contribution in [2.24, 2.45) is 5.73 Å². The van der Waals surface area contributed by atoms with Gasteiger partial charge in [0.25, 0.3) is 0 Å². The topological polar surface area (TPSA) is 70.3 Å². The molecule has 0 aliphatic rings. The van der Waals surface area contributed by atoms with E-state index in [2.05, 4.69) is 24.0 Å². The van der Waals surface area contributed by atoms with Crippen molar-refractivity contribution in [3.63, 3.8) is 0 Å². The Morgan fingerprint density at radius 1 is 1.06 bits per heavy atom. The molecule has 0 saturated carbocycles. The summed E-state index contributed by atoms with van der Waals surface area (Å²) in [5.74, 6) is 0.540. The smallest absolute Gasteiger partial charge is 0.238 e. The second kappa shape index (κ2) is 7.19. The number of nitrogens with two attached hydrogens (primary N) is 1. The molecule has 2 N–H and O–H groups in total. The fourth-order valence-corrected chi connectivity index (χ4v) is 1.78. The lowest BCUT2D eigenvalue weighted by Crippen LogP contribution is -2.14. The molecule has 0 saturated heterocycles. The van der Waals surface area contributed by atoms with Crippen LogP contribution < -0.4 is 10.5 Å². The molecule has 0 aliphatic carbocycles. The molecule has 17 heavy (non-hydrogen) atoms. The molecule has 0 atom stereocenters. The van der Waals surface area contributed by atoms with E-state index in [0.29, 0.717) is 25.6 Å². The average Bonchev–Trinajstić information content (AvgIpc) is 2.38. The highest BCUT2D eigenvalue weighted by molar-refractivity contribution is 5.36. The van der Waals surface area contributed by atoms with Gasteiger partial charge in [0, 0.05) is 19.2 Å². The van der Waals surface area contributed by atoms with Crippen LogP contribution in [0.5, 0.6) is 5.88 Å². The van der Waals surface area contributed by atoms with E-state index >= 15 is 0 Å². The Morgan fingerprint density at radius 2 is 1.82 bits per heavy atom. The van der Waals surface area contributed by atoms with Crippen molar-refractivity contribution in [1.82, 2.24) is 10.2 Å². The second-order valence-corrected chi connectivity index (χ2v) is 3.66. The quantitative estimate of drug-likeness (QED) is 0.721. The molecule has 0 unspecified atom stereocenters. The first-order chi connectivity index (χ1) is 8.28. The van der Waals surface area contributed by atoms with Crippen LogP contribution in [-0.4, -0.2) is 30.5 Å². The van der Waals surface area contributed by atoms with E-state index in [0.717, 1.165) is 29.7 Å². The fraction of sp³-hybridized carbons (Fsp3) is 0.667. The van der Waals surface area contributed by atoms with Crippen LogP contribution in [0.2, 0.25) is 0 Å². The van der Waals surface area contributed by atoms with Crippen LogP contribution in [0, 0.1) is 0 Å². The molecule has 5 nitrogen and oxygen atoms in total. The average molecular weight is 239 g/mol. The second-order valence-electron chi connectivity index (χ2n) is 3.66. The zero-order valence-electron chi connectivity index (χ0n) is 10.8. The van der Waals surface area contributed by atoms with Gasteiger partial charge in [-0.3, -0.25) is 0 Å². The normalized spacial score (nSPS) is 10.6. The van der Waals surface area contributed by atoms with Crippen LogP contribution in [-0.2, 0) is 24.1 Å². The summed E-state index contributed by atoms with van der Waals surface area (Å²) in [6.07, 6.45) is 1.76. The molecule has 1 aromatic rings. The minimum atomic E-state index is 0.425. The van der Waals surface area contributed by atoms with Crippen molar-refractivity contribution in [3.8, 4) is 5.88 Å². The monoisotopic (exact) mass is 239 g/mol. The summed E-state index contributed by atoms with van der Waals surface area (Å²) in [4.78, 5) is 0. The lowest BCUT2D eigenvalue weighted by molar-refractivity contribution is 0.142. The molecule has 0 radical (unpaired) electrons. The van der Waals surface area contributed by atoms with E-state index in [1.54, 1.807) is 7.11 Å². The molecule has 0 bridgehead atoms. The Morgan fingerprint density at radius 3 is 2.35 bits per heavy atom. The highest BCUT2D eigenvalue weighted by Crippen LogP contribution is 2.22. The van der Waals surface area contributed by atoms with Gasteiger partial charge in [0.1, 0.15) is 6.61 Å². The summed E-state index contributed by atoms with van der Waals surface area (Å²) in [7, 11) is 1.64. The van der Waals surface area contributed by atoms with Gasteiger partial charge in [0.15, 0.2) is 0 Å². The van der Waals surface area contributed by atoms with Gasteiger partial charge in [-0.15, -0.1) is 5.10 Å². The Kier molecular flexibility index (Phi) is 5.86. The molecule has 1 heterocycles. The summed E-state index contributed by atoms with van der Waals surface area (Å²) in [6.45, 7) is 5.58. The van der Waals surface area contributed by atoms with Crippen LogP contribution in [0.4, 0.5) is 0 Å². The lowest BCUT2D eigenvalue weighted by Gasteiger charge is -2.14. The van der Waals surface area contributed by atoms with Crippen LogP contribution >= 0.6 is 0 Å². The van der Waals surface area contributed by atoms with Gasteiger partial charge < -0.3 is 15.2 Å². The molecule has 96 valence electrons. The summed E-state index contributed by atoms with van der Waals surface area (Å²) >= 11 is 0. The summed E-state index contributed by atoms with van der Waals surface area (Å²) in [5, 5.41) is 8.28. The molecule has 0 amide bonds. The lowest BCUT2D eigenvalue weighted by atomic mass is 10.0. The Balaban J connectivity index is 2.97. The summed E-state index contributed by atoms with van der Waals surface area (Å²) in [6, 6.07) is 0. The molecule has 0 fully saturated rings. The third kappa shape index (κ3) is 3.38. The van der Waals surface area contributed by atoms with Crippen molar-refractivity contribution in [2.45, 2.75) is 33.2 Å². The fourth-order valence-electron chi connectivity index (χ4n) is 1.78. The van der Waals surface area contributed by atoms with Gasteiger partial charge in [-0.2, -0.15) is 5.10 Å². The first kappa shape index (κ1) is 13.9. The number of nitrogens with zero attached hydrogens (tertiary/aromatic N) is 2. The zero-order chi connectivity index (χ0) is 12.7. The number of rotatable bonds is 7. The number of aryl methyl sites for hydroxylation is 1. The number of methoxy groups -OCH3 is 1. The predicted octanol–water partition coefficient (Wildman–Crippen LogP) is 1.09. The maximum absolute atomic E-state index is 5.78. The summed E-state index contributed by atoms with van der Waals surface area (Å²) in [5.41, 5.74) is 8.91. The molecule has 0 spiro atoms. The first-order valence-corrected chi connectivity index (χ1v) is 5.97. The molecular formula is C12H21N3O2. The van der Waals surface area contributed by atoms with Crippen LogP contribution in [0.1, 0.15) is 30.7 Å². The Hall–Kier alpha value is -1.20. The highest BCUT2D eigenvalue weighted by atomic mass is 16.5. The van der Waals surface area contributed by atoms with Crippen molar-refractivity contribution in [2.75, 3.05) is 20.3 Å². The van der Waals surface area contributed by atoms with Gasteiger partial charge in [0.05, 0.1) is 12.3 Å². The van der Waals surface area contributed by atoms with E-state index in [1.165, 1.54) is 0 Å². The maximum atomic E-state index is 5.78. The molecule has 1 aromatic heterocycles. The number of hydrogen-bond acceptors (Lipinski definition) is 5. The largest absolute Gasteiger partial charge is 0.474 e. The van der Waals surface area contributed by atoms with Gasteiger partial charge in [-0.25, -0.2) is 0 Å². The minimum Gasteiger partial charge on any atom is -0.474 e.